The molecule has 0 bridgehead atoms. The van der Waals surface area contributed by atoms with Crippen molar-refractivity contribution in [1.82, 2.24) is 10.6 Å². The number of rotatable bonds is 3. The molecule has 0 radical (unpaired) electrons. The number of thiophene rings is 1. The summed E-state index contributed by atoms with van der Waals surface area (Å²) in [6.07, 6.45) is 0. The van der Waals surface area contributed by atoms with Crippen molar-refractivity contribution < 1.29 is 9.90 Å². The molecule has 2 amide bonds. The maximum atomic E-state index is 11.8. The monoisotopic (exact) mass is 306 g/mol. The van der Waals surface area contributed by atoms with Crippen LogP contribution in [0.4, 0.5) is 4.79 Å². The van der Waals surface area contributed by atoms with E-state index < -0.39 is 5.60 Å². The number of hydrogen-bond acceptors (Lipinski definition) is 3. The van der Waals surface area contributed by atoms with Crippen molar-refractivity contribution in [2.75, 3.05) is 6.54 Å². The first kappa shape index (κ1) is 15.8. The average Bonchev–Trinajstić information content (AvgIpc) is 2.79. The van der Waals surface area contributed by atoms with E-state index in [9.17, 15) is 9.90 Å². The van der Waals surface area contributed by atoms with Crippen LogP contribution in [0.15, 0.2) is 30.3 Å². The van der Waals surface area contributed by atoms with E-state index in [2.05, 4.69) is 10.6 Å². The van der Waals surface area contributed by atoms with Crippen molar-refractivity contribution in [3.63, 3.8) is 0 Å². The molecular weight excluding hydrogens is 284 g/mol. The maximum Gasteiger partial charge on any atom is 0.315 e. The van der Waals surface area contributed by atoms with Crippen molar-refractivity contribution in [1.29, 1.82) is 0 Å². The summed E-state index contributed by atoms with van der Waals surface area (Å²) < 4.78 is 1.13. The fourth-order valence-electron chi connectivity index (χ4n) is 1.97. The maximum absolute atomic E-state index is 11.8. The van der Waals surface area contributed by atoms with E-state index in [4.69, 9.17) is 0 Å². The van der Waals surface area contributed by atoms with E-state index >= 15 is 0 Å². The third-order valence-electron chi connectivity index (χ3n) is 3.04. The Bertz CT molecular complexity index is 608. The Morgan fingerprint density at radius 2 is 1.90 bits per heavy atom. The van der Waals surface area contributed by atoms with Crippen LogP contribution in [0.1, 0.15) is 32.6 Å². The lowest BCUT2D eigenvalue weighted by Gasteiger charge is -2.25. The highest BCUT2D eigenvalue weighted by atomic mass is 32.1. The second kappa shape index (κ2) is 5.66. The minimum atomic E-state index is -1.08. The summed E-state index contributed by atoms with van der Waals surface area (Å²) in [4.78, 5) is 12.6. The van der Waals surface area contributed by atoms with Gasteiger partial charge in [0.2, 0.25) is 0 Å². The van der Waals surface area contributed by atoms with Gasteiger partial charge in [-0.05, 0) is 45.2 Å². The summed E-state index contributed by atoms with van der Waals surface area (Å²) in [6, 6.07) is 9.70. The number of nitrogens with one attached hydrogen (secondary N) is 2. The molecule has 0 saturated carbocycles. The predicted molar refractivity (Wildman–Crippen MR) is 87.7 cm³/mol. The second-order valence-electron chi connectivity index (χ2n) is 6.48. The summed E-state index contributed by atoms with van der Waals surface area (Å²) >= 11 is 1.55. The molecule has 0 saturated heterocycles. The smallest absolute Gasteiger partial charge is 0.315 e. The minimum Gasteiger partial charge on any atom is -0.383 e. The lowest BCUT2D eigenvalue weighted by Crippen LogP contribution is -2.49. The predicted octanol–water partition coefficient (Wildman–Crippen LogP) is 3.21. The topological polar surface area (TPSA) is 61.4 Å². The molecule has 0 aliphatic carbocycles. The van der Waals surface area contributed by atoms with Crippen LogP contribution in [0.3, 0.4) is 0 Å². The van der Waals surface area contributed by atoms with E-state index in [-0.39, 0.29) is 18.1 Å². The lowest BCUT2D eigenvalue weighted by atomic mass is 10.0. The molecule has 0 spiro atoms. The molecule has 0 fully saturated rings. The standard InChI is InChI=1S/C16H22N2O2S/c1-15(2,3)18-14(19)17-10-16(4,20)13-9-11-7-5-6-8-12(11)21-13/h5-9,20H,10H2,1-4H3,(H2,17,18,19). The molecule has 1 heterocycles. The zero-order valence-electron chi connectivity index (χ0n) is 12.9. The number of benzene rings is 1. The highest BCUT2D eigenvalue weighted by Gasteiger charge is 2.26. The third-order valence-corrected chi connectivity index (χ3v) is 4.41. The Morgan fingerprint density at radius 3 is 2.52 bits per heavy atom. The molecule has 5 heteroatoms. The molecule has 21 heavy (non-hydrogen) atoms. The molecule has 1 unspecified atom stereocenters. The van der Waals surface area contributed by atoms with Gasteiger partial charge < -0.3 is 15.7 Å². The SMILES string of the molecule is CC(C)(C)NC(=O)NCC(C)(O)c1cc2ccccc2s1. The summed E-state index contributed by atoms with van der Waals surface area (Å²) in [7, 11) is 0. The van der Waals surface area contributed by atoms with Crippen LogP contribution >= 0.6 is 11.3 Å². The van der Waals surface area contributed by atoms with Gasteiger partial charge in [0, 0.05) is 15.1 Å². The molecule has 114 valence electrons. The van der Waals surface area contributed by atoms with Crippen molar-refractivity contribution in [3.05, 3.63) is 35.2 Å². The molecule has 1 aromatic carbocycles. The van der Waals surface area contributed by atoms with Gasteiger partial charge in [-0.2, -0.15) is 0 Å². The number of hydrogen-bond donors (Lipinski definition) is 3. The van der Waals surface area contributed by atoms with Gasteiger partial charge in [0.1, 0.15) is 5.60 Å². The number of carbonyl (C=O) groups excluding carboxylic acids is 1. The van der Waals surface area contributed by atoms with Crippen molar-refractivity contribution in [2.45, 2.75) is 38.8 Å². The third kappa shape index (κ3) is 4.19. The quantitative estimate of drug-likeness (QED) is 0.815. The van der Waals surface area contributed by atoms with E-state index in [0.29, 0.717) is 0 Å². The van der Waals surface area contributed by atoms with E-state index in [1.165, 1.54) is 0 Å². The molecule has 4 nitrogen and oxygen atoms in total. The van der Waals surface area contributed by atoms with Gasteiger partial charge in [-0.15, -0.1) is 11.3 Å². The first-order chi connectivity index (χ1) is 9.67. The van der Waals surface area contributed by atoms with Crippen LogP contribution in [0.5, 0.6) is 0 Å². The first-order valence-corrected chi connectivity index (χ1v) is 7.76. The number of amides is 2. The lowest BCUT2D eigenvalue weighted by molar-refractivity contribution is 0.0629. The average molecular weight is 306 g/mol. The minimum absolute atomic E-state index is 0.168. The molecular formula is C16H22N2O2S. The number of carbonyl (C=O) groups is 1. The van der Waals surface area contributed by atoms with Crippen molar-refractivity contribution in [2.24, 2.45) is 0 Å². The van der Waals surface area contributed by atoms with Crippen LogP contribution in [-0.2, 0) is 5.60 Å². The van der Waals surface area contributed by atoms with Crippen LogP contribution < -0.4 is 10.6 Å². The normalized spacial score (nSPS) is 14.7. The Morgan fingerprint density at radius 1 is 1.24 bits per heavy atom. The van der Waals surface area contributed by atoms with E-state index in [1.807, 2.05) is 51.1 Å². The highest BCUT2D eigenvalue weighted by molar-refractivity contribution is 7.19. The molecule has 1 aromatic heterocycles. The van der Waals surface area contributed by atoms with Gasteiger partial charge in [0.05, 0.1) is 6.54 Å². The fourth-order valence-corrected chi connectivity index (χ4v) is 3.08. The largest absolute Gasteiger partial charge is 0.383 e. The first-order valence-electron chi connectivity index (χ1n) is 6.95. The van der Waals surface area contributed by atoms with Crippen molar-refractivity contribution >= 4 is 27.5 Å². The highest BCUT2D eigenvalue weighted by Crippen LogP contribution is 2.32. The summed E-state index contributed by atoms with van der Waals surface area (Å²) in [5, 5.41) is 17.3. The zero-order chi connectivity index (χ0) is 15.7. The molecule has 0 aliphatic heterocycles. The fraction of sp³-hybridized carbons (Fsp3) is 0.438. The number of aliphatic hydroxyl groups is 1. The van der Waals surface area contributed by atoms with Crippen LogP contribution in [0.25, 0.3) is 10.1 Å². The summed E-state index contributed by atoms with van der Waals surface area (Å²) in [5.74, 6) is 0. The van der Waals surface area contributed by atoms with Gasteiger partial charge in [-0.25, -0.2) is 4.79 Å². The van der Waals surface area contributed by atoms with Gasteiger partial charge in [0.25, 0.3) is 0 Å². The van der Waals surface area contributed by atoms with Gasteiger partial charge in [-0.1, -0.05) is 18.2 Å². The Balaban J connectivity index is 2.06. The van der Waals surface area contributed by atoms with E-state index in [1.54, 1.807) is 18.3 Å². The summed E-state index contributed by atoms with van der Waals surface area (Å²) in [6.45, 7) is 7.63. The molecule has 2 rings (SSSR count). The Hall–Kier alpha value is -1.59. The zero-order valence-corrected chi connectivity index (χ0v) is 13.7. The number of fused-ring (bicyclic) bond motifs is 1. The summed E-state index contributed by atoms with van der Waals surface area (Å²) in [5.41, 5.74) is -1.38. The molecule has 3 N–H and O–H groups in total. The molecule has 1 atom stereocenters. The Kier molecular flexibility index (Phi) is 4.25. The van der Waals surface area contributed by atoms with Crippen molar-refractivity contribution in [3.8, 4) is 0 Å². The molecule has 0 aliphatic rings. The van der Waals surface area contributed by atoms with Gasteiger partial charge in [0.15, 0.2) is 0 Å². The van der Waals surface area contributed by atoms with Gasteiger partial charge in [-0.3, -0.25) is 0 Å². The van der Waals surface area contributed by atoms with E-state index in [0.717, 1.165) is 15.0 Å². The second-order valence-corrected chi connectivity index (χ2v) is 7.56. The molecule has 2 aromatic rings. The van der Waals surface area contributed by atoms with Crippen LogP contribution in [-0.4, -0.2) is 23.2 Å². The Labute approximate surface area is 129 Å². The van der Waals surface area contributed by atoms with Crippen LogP contribution in [0, 0.1) is 0 Å². The van der Waals surface area contributed by atoms with Crippen LogP contribution in [0.2, 0.25) is 0 Å². The van der Waals surface area contributed by atoms with Gasteiger partial charge >= 0.3 is 6.03 Å². The number of urea groups is 1.